The molecule has 2 rings (SSSR count). The summed E-state index contributed by atoms with van der Waals surface area (Å²) in [6.45, 7) is 7.24. The molecule has 0 aromatic carbocycles. The van der Waals surface area contributed by atoms with Gasteiger partial charge in [0.25, 0.3) is 0 Å². The summed E-state index contributed by atoms with van der Waals surface area (Å²) in [4.78, 5) is 14.2. The van der Waals surface area contributed by atoms with Gasteiger partial charge in [0.2, 0.25) is 5.91 Å². The molecule has 2 unspecified atom stereocenters. The molecule has 0 aromatic rings. The lowest BCUT2D eigenvalue weighted by atomic mass is 10.1. The molecule has 1 aliphatic carbocycles. The summed E-state index contributed by atoms with van der Waals surface area (Å²) < 4.78 is 0.370. The maximum absolute atomic E-state index is 12.1. The molecule has 2 fully saturated rings. The van der Waals surface area contributed by atoms with Gasteiger partial charge in [-0.15, -0.1) is 0 Å². The van der Waals surface area contributed by atoms with E-state index in [-0.39, 0.29) is 18.1 Å². The van der Waals surface area contributed by atoms with E-state index in [9.17, 15) is 4.79 Å². The molecule has 92 valence electrons. The zero-order valence-electron chi connectivity index (χ0n) is 10.6. The second-order valence-electron chi connectivity index (χ2n) is 5.43. The minimum absolute atomic E-state index is 0.00921. The molecule has 16 heavy (non-hydrogen) atoms. The molecular weight excluding hydrogens is 220 g/mol. The Bertz CT molecular complexity index is 289. The van der Waals surface area contributed by atoms with Crippen LogP contribution in [0.2, 0.25) is 0 Å². The van der Waals surface area contributed by atoms with Gasteiger partial charge in [-0.05, 0) is 31.9 Å². The molecule has 1 N–H and O–H groups in total. The molecule has 1 saturated carbocycles. The number of thioether (sulfide) groups is 1. The van der Waals surface area contributed by atoms with E-state index in [0.29, 0.717) is 10.7 Å². The molecular formula is C12H22N2OS. The molecule has 1 aliphatic heterocycles. The molecule has 1 heterocycles. The summed E-state index contributed by atoms with van der Waals surface area (Å²) >= 11 is 1.92. The highest BCUT2D eigenvalue weighted by atomic mass is 32.2. The van der Waals surface area contributed by atoms with E-state index in [1.54, 1.807) is 0 Å². The Morgan fingerprint density at radius 2 is 2.19 bits per heavy atom. The lowest BCUT2D eigenvalue weighted by Crippen LogP contribution is -2.45. The van der Waals surface area contributed by atoms with E-state index >= 15 is 0 Å². The minimum Gasteiger partial charge on any atom is -0.324 e. The predicted octanol–water partition coefficient (Wildman–Crippen LogP) is 1.68. The quantitative estimate of drug-likeness (QED) is 0.814. The fraction of sp³-hybridized carbons (Fsp3) is 0.917. The van der Waals surface area contributed by atoms with Gasteiger partial charge in [-0.2, -0.15) is 11.8 Å². The summed E-state index contributed by atoms with van der Waals surface area (Å²) in [5, 5.41) is 3.39. The first kappa shape index (κ1) is 12.2. The lowest BCUT2D eigenvalue weighted by molar-refractivity contribution is -0.130. The van der Waals surface area contributed by atoms with E-state index in [0.717, 1.165) is 6.54 Å². The van der Waals surface area contributed by atoms with Gasteiger partial charge in [0.1, 0.15) is 0 Å². The summed E-state index contributed by atoms with van der Waals surface area (Å²) in [6.07, 6.45) is 4.91. The Morgan fingerprint density at radius 1 is 1.56 bits per heavy atom. The highest BCUT2D eigenvalue weighted by molar-refractivity contribution is 8.00. The summed E-state index contributed by atoms with van der Waals surface area (Å²) in [6, 6.07) is -0.00921. The molecule has 0 bridgehead atoms. The maximum atomic E-state index is 12.1. The molecule has 2 atom stereocenters. The van der Waals surface area contributed by atoms with Gasteiger partial charge in [0.15, 0.2) is 0 Å². The standard InChI is InChI=1S/C12H22N2OS/c1-8(2)10-13-9(3)11(15)14(10)7-12(16-4)5-6-12/h8-10,13H,5-7H2,1-4H3. The van der Waals surface area contributed by atoms with Crippen LogP contribution in [0.25, 0.3) is 0 Å². The van der Waals surface area contributed by atoms with Crippen molar-refractivity contribution in [3.63, 3.8) is 0 Å². The van der Waals surface area contributed by atoms with Crippen LogP contribution in [0.4, 0.5) is 0 Å². The van der Waals surface area contributed by atoms with Crippen LogP contribution < -0.4 is 5.32 Å². The zero-order chi connectivity index (χ0) is 11.9. The summed E-state index contributed by atoms with van der Waals surface area (Å²) in [5.41, 5.74) is 0. The second-order valence-corrected chi connectivity index (χ2v) is 6.70. The van der Waals surface area contributed by atoms with Gasteiger partial charge >= 0.3 is 0 Å². The Kier molecular flexibility index (Phi) is 3.23. The average Bonchev–Trinajstić information content (AvgIpc) is 2.96. The number of rotatable bonds is 4. The third-order valence-corrected chi connectivity index (χ3v) is 5.14. The number of carbonyl (C=O) groups excluding carboxylic acids is 1. The molecule has 2 aliphatic rings. The largest absolute Gasteiger partial charge is 0.324 e. The zero-order valence-corrected chi connectivity index (χ0v) is 11.4. The van der Waals surface area contributed by atoms with E-state index in [1.165, 1.54) is 12.8 Å². The van der Waals surface area contributed by atoms with Crippen molar-refractivity contribution in [2.75, 3.05) is 12.8 Å². The summed E-state index contributed by atoms with van der Waals surface area (Å²) in [7, 11) is 0. The van der Waals surface area contributed by atoms with Gasteiger partial charge in [-0.25, -0.2) is 0 Å². The van der Waals surface area contributed by atoms with Crippen molar-refractivity contribution in [1.82, 2.24) is 10.2 Å². The Balaban J connectivity index is 2.07. The molecule has 1 amide bonds. The van der Waals surface area contributed by atoms with E-state index in [4.69, 9.17) is 0 Å². The molecule has 0 spiro atoms. The number of amides is 1. The van der Waals surface area contributed by atoms with Gasteiger partial charge in [-0.1, -0.05) is 13.8 Å². The van der Waals surface area contributed by atoms with Crippen molar-refractivity contribution >= 4 is 17.7 Å². The SMILES string of the molecule is CSC1(CN2C(=O)C(C)NC2C(C)C)CC1. The summed E-state index contributed by atoms with van der Waals surface area (Å²) in [5.74, 6) is 0.755. The first-order valence-corrected chi connectivity index (χ1v) is 7.33. The maximum Gasteiger partial charge on any atom is 0.240 e. The normalized spacial score (nSPS) is 32.6. The first-order chi connectivity index (χ1) is 7.49. The van der Waals surface area contributed by atoms with Crippen LogP contribution in [0.3, 0.4) is 0 Å². The molecule has 1 saturated heterocycles. The van der Waals surface area contributed by atoms with Crippen LogP contribution in [0.1, 0.15) is 33.6 Å². The highest BCUT2D eigenvalue weighted by Gasteiger charge is 2.48. The number of hydrogen-bond donors (Lipinski definition) is 1. The van der Waals surface area contributed by atoms with Crippen LogP contribution in [0, 0.1) is 5.92 Å². The number of nitrogens with zero attached hydrogens (tertiary/aromatic N) is 1. The molecule has 0 aromatic heterocycles. The van der Waals surface area contributed by atoms with Gasteiger partial charge in [0, 0.05) is 11.3 Å². The topological polar surface area (TPSA) is 32.3 Å². The van der Waals surface area contributed by atoms with Crippen molar-refractivity contribution in [3.05, 3.63) is 0 Å². The third-order valence-electron chi connectivity index (χ3n) is 3.74. The monoisotopic (exact) mass is 242 g/mol. The first-order valence-electron chi connectivity index (χ1n) is 6.11. The van der Waals surface area contributed by atoms with Crippen LogP contribution in [0.15, 0.2) is 0 Å². The smallest absolute Gasteiger partial charge is 0.240 e. The number of carbonyl (C=O) groups is 1. The van der Waals surface area contributed by atoms with E-state index in [2.05, 4.69) is 30.3 Å². The van der Waals surface area contributed by atoms with Gasteiger partial charge in [-0.3, -0.25) is 10.1 Å². The third kappa shape index (κ3) is 2.09. The van der Waals surface area contributed by atoms with Crippen molar-refractivity contribution < 1.29 is 4.79 Å². The lowest BCUT2D eigenvalue weighted by Gasteiger charge is -2.30. The fourth-order valence-electron chi connectivity index (χ4n) is 2.41. The minimum atomic E-state index is -0.00921. The Labute approximate surface area is 102 Å². The van der Waals surface area contributed by atoms with E-state index < -0.39 is 0 Å². The average molecular weight is 242 g/mol. The predicted molar refractivity (Wildman–Crippen MR) is 68.4 cm³/mol. The Morgan fingerprint density at radius 3 is 2.62 bits per heavy atom. The van der Waals surface area contributed by atoms with E-state index in [1.807, 2.05) is 18.7 Å². The molecule has 0 radical (unpaired) electrons. The van der Waals surface area contributed by atoms with Gasteiger partial charge < -0.3 is 4.90 Å². The van der Waals surface area contributed by atoms with Crippen LogP contribution in [0.5, 0.6) is 0 Å². The van der Waals surface area contributed by atoms with Crippen molar-refractivity contribution in [1.29, 1.82) is 0 Å². The van der Waals surface area contributed by atoms with Crippen molar-refractivity contribution in [2.45, 2.75) is 50.6 Å². The van der Waals surface area contributed by atoms with Crippen LogP contribution in [-0.2, 0) is 4.79 Å². The van der Waals surface area contributed by atoms with Crippen LogP contribution in [-0.4, -0.2) is 40.6 Å². The highest BCUT2D eigenvalue weighted by Crippen LogP contribution is 2.48. The van der Waals surface area contributed by atoms with Crippen molar-refractivity contribution in [3.8, 4) is 0 Å². The number of hydrogen-bond acceptors (Lipinski definition) is 3. The van der Waals surface area contributed by atoms with Gasteiger partial charge in [0.05, 0.1) is 12.2 Å². The Hall–Kier alpha value is -0.220. The molecule has 3 nitrogen and oxygen atoms in total. The van der Waals surface area contributed by atoms with Crippen LogP contribution >= 0.6 is 11.8 Å². The van der Waals surface area contributed by atoms with Crippen molar-refractivity contribution in [2.24, 2.45) is 5.92 Å². The number of nitrogens with one attached hydrogen (secondary N) is 1. The fourth-order valence-corrected chi connectivity index (χ4v) is 3.19. The molecule has 4 heteroatoms. The second kappa shape index (κ2) is 4.22.